The molecule has 0 radical (unpaired) electrons. The van der Waals surface area contributed by atoms with E-state index >= 15 is 0 Å². The molecule has 152 valence electrons. The predicted molar refractivity (Wildman–Crippen MR) is 107 cm³/mol. The third-order valence-corrected chi connectivity index (χ3v) is 4.47. The Hall–Kier alpha value is -3.32. The molecular formula is C22H24N2O5. The molecule has 1 aliphatic heterocycles. The van der Waals surface area contributed by atoms with Crippen molar-refractivity contribution in [2.24, 2.45) is 0 Å². The second-order valence-corrected chi connectivity index (χ2v) is 6.54. The quantitative estimate of drug-likeness (QED) is 0.529. The minimum Gasteiger partial charge on any atom is -0.489 e. The van der Waals surface area contributed by atoms with E-state index in [1.165, 1.54) is 7.11 Å². The smallest absolute Gasteiger partial charge is 0.338 e. The molecular weight excluding hydrogens is 372 g/mol. The van der Waals surface area contributed by atoms with Crippen LogP contribution in [-0.2, 0) is 20.9 Å². The summed E-state index contributed by atoms with van der Waals surface area (Å²) in [5.41, 5.74) is 2.65. The molecule has 0 aliphatic carbocycles. The second-order valence-electron chi connectivity index (χ2n) is 6.54. The Bertz CT molecular complexity index is 878. The van der Waals surface area contributed by atoms with Gasteiger partial charge in [-0.2, -0.15) is 0 Å². The number of carbonyl (C=O) groups is 2. The number of rotatable bonds is 8. The van der Waals surface area contributed by atoms with Gasteiger partial charge in [0.15, 0.2) is 0 Å². The summed E-state index contributed by atoms with van der Waals surface area (Å²) in [5.74, 6) is 0.198. The van der Waals surface area contributed by atoms with Crippen LogP contribution in [0.15, 0.2) is 65.9 Å². The van der Waals surface area contributed by atoms with E-state index in [0.29, 0.717) is 30.2 Å². The Kier molecular flexibility index (Phi) is 6.86. The van der Waals surface area contributed by atoms with E-state index in [4.69, 9.17) is 14.2 Å². The summed E-state index contributed by atoms with van der Waals surface area (Å²) in [6, 6.07) is 16.2. The number of methoxy groups -OCH3 is 1. The highest BCUT2D eigenvalue weighted by molar-refractivity contribution is 5.95. The van der Waals surface area contributed by atoms with E-state index in [9.17, 15) is 9.59 Å². The van der Waals surface area contributed by atoms with Crippen LogP contribution in [0.25, 0.3) is 0 Å². The first kappa shape index (κ1) is 20.4. The van der Waals surface area contributed by atoms with Crippen LogP contribution in [-0.4, -0.2) is 32.3 Å². The minimum absolute atomic E-state index is 0.138. The summed E-state index contributed by atoms with van der Waals surface area (Å²) in [7, 11) is 1.53. The van der Waals surface area contributed by atoms with Gasteiger partial charge < -0.3 is 24.8 Å². The van der Waals surface area contributed by atoms with Crippen LogP contribution in [0.1, 0.15) is 24.1 Å². The van der Waals surface area contributed by atoms with Crippen molar-refractivity contribution in [1.29, 1.82) is 0 Å². The van der Waals surface area contributed by atoms with E-state index in [1.54, 1.807) is 6.92 Å². The molecule has 0 spiro atoms. The first-order valence-electron chi connectivity index (χ1n) is 9.29. The van der Waals surface area contributed by atoms with Gasteiger partial charge in [-0.05, 0) is 30.2 Å². The van der Waals surface area contributed by atoms with E-state index in [0.717, 1.165) is 11.1 Å². The second kappa shape index (κ2) is 9.75. The highest BCUT2D eigenvalue weighted by atomic mass is 16.6. The normalized spacial score (nSPS) is 16.1. The molecule has 0 fully saturated rings. The summed E-state index contributed by atoms with van der Waals surface area (Å²) < 4.78 is 16.0. The number of carbonyl (C=O) groups excluding carboxylic acids is 2. The lowest BCUT2D eigenvalue weighted by Gasteiger charge is -2.28. The first-order chi connectivity index (χ1) is 14.1. The van der Waals surface area contributed by atoms with Crippen LogP contribution in [0.3, 0.4) is 0 Å². The van der Waals surface area contributed by atoms with Crippen molar-refractivity contribution in [1.82, 2.24) is 10.6 Å². The molecule has 0 aromatic heterocycles. The molecule has 0 saturated heterocycles. The Morgan fingerprint density at radius 3 is 2.45 bits per heavy atom. The number of urea groups is 1. The average Bonchev–Trinajstić information content (AvgIpc) is 2.73. The molecule has 7 heteroatoms. The number of hydrogen-bond acceptors (Lipinski definition) is 5. The molecule has 29 heavy (non-hydrogen) atoms. The molecule has 2 amide bonds. The van der Waals surface area contributed by atoms with Gasteiger partial charge in [-0.1, -0.05) is 42.5 Å². The minimum atomic E-state index is -0.609. The van der Waals surface area contributed by atoms with Crippen molar-refractivity contribution in [3.05, 3.63) is 77.0 Å². The van der Waals surface area contributed by atoms with Crippen molar-refractivity contribution < 1.29 is 23.8 Å². The molecule has 3 rings (SSSR count). The van der Waals surface area contributed by atoms with Crippen molar-refractivity contribution in [2.75, 3.05) is 20.3 Å². The van der Waals surface area contributed by atoms with Crippen LogP contribution in [0.2, 0.25) is 0 Å². The zero-order chi connectivity index (χ0) is 20.6. The van der Waals surface area contributed by atoms with Crippen LogP contribution < -0.4 is 15.4 Å². The zero-order valence-corrected chi connectivity index (χ0v) is 16.4. The van der Waals surface area contributed by atoms with Crippen molar-refractivity contribution in [3.63, 3.8) is 0 Å². The lowest BCUT2D eigenvalue weighted by molar-refractivity contribution is -0.140. The number of ether oxygens (including phenoxy) is 3. The third kappa shape index (κ3) is 5.36. The number of amides is 2. The monoisotopic (exact) mass is 396 g/mol. The maximum Gasteiger partial charge on any atom is 0.338 e. The van der Waals surface area contributed by atoms with Crippen molar-refractivity contribution in [2.45, 2.75) is 19.6 Å². The Morgan fingerprint density at radius 2 is 1.76 bits per heavy atom. The van der Waals surface area contributed by atoms with Gasteiger partial charge in [0.05, 0.1) is 18.2 Å². The number of esters is 1. The summed E-state index contributed by atoms with van der Waals surface area (Å²) in [5, 5.41) is 5.40. The highest BCUT2D eigenvalue weighted by Gasteiger charge is 2.32. The molecule has 2 aromatic rings. The molecule has 0 saturated carbocycles. The zero-order valence-electron chi connectivity index (χ0n) is 16.4. The Morgan fingerprint density at radius 1 is 1.03 bits per heavy atom. The van der Waals surface area contributed by atoms with E-state index < -0.39 is 12.0 Å². The molecule has 0 unspecified atom stereocenters. The molecule has 1 heterocycles. The van der Waals surface area contributed by atoms with Crippen LogP contribution >= 0.6 is 0 Å². The topological polar surface area (TPSA) is 85.9 Å². The molecule has 7 nitrogen and oxygen atoms in total. The number of nitrogens with one attached hydrogen (secondary N) is 2. The fraction of sp³-hybridized carbons (Fsp3) is 0.273. The maximum atomic E-state index is 12.5. The van der Waals surface area contributed by atoms with E-state index in [2.05, 4.69) is 10.6 Å². The molecule has 0 bridgehead atoms. The van der Waals surface area contributed by atoms with Gasteiger partial charge in [0.2, 0.25) is 0 Å². The highest BCUT2D eigenvalue weighted by Crippen LogP contribution is 2.29. The fourth-order valence-electron chi connectivity index (χ4n) is 3.01. The van der Waals surface area contributed by atoms with Gasteiger partial charge >= 0.3 is 12.0 Å². The van der Waals surface area contributed by atoms with Gasteiger partial charge in [-0.25, -0.2) is 9.59 Å². The average molecular weight is 396 g/mol. The molecule has 2 aromatic carbocycles. The van der Waals surface area contributed by atoms with Gasteiger partial charge in [-0.3, -0.25) is 0 Å². The van der Waals surface area contributed by atoms with Gasteiger partial charge in [0, 0.05) is 12.8 Å². The Balaban J connectivity index is 1.73. The van der Waals surface area contributed by atoms with Gasteiger partial charge in [0.1, 0.15) is 19.0 Å². The number of allylic oxidation sites excluding steroid dienone is 1. The predicted octanol–water partition coefficient (Wildman–Crippen LogP) is 3.08. The van der Waals surface area contributed by atoms with Crippen LogP contribution in [0.4, 0.5) is 4.79 Å². The summed E-state index contributed by atoms with van der Waals surface area (Å²) in [4.78, 5) is 24.5. The Labute approximate surface area is 169 Å². The van der Waals surface area contributed by atoms with Crippen LogP contribution in [0.5, 0.6) is 5.75 Å². The van der Waals surface area contributed by atoms with E-state index in [1.807, 2.05) is 54.6 Å². The summed E-state index contributed by atoms with van der Waals surface area (Å²) >= 11 is 0. The number of benzene rings is 2. The van der Waals surface area contributed by atoms with Crippen LogP contribution in [0, 0.1) is 0 Å². The molecule has 2 N–H and O–H groups in total. The summed E-state index contributed by atoms with van der Waals surface area (Å²) in [6.45, 7) is 2.57. The first-order valence-corrected chi connectivity index (χ1v) is 9.29. The van der Waals surface area contributed by atoms with Gasteiger partial charge in [0.25, 0.3) is 0 Å². The van der Waals surface area contributed by atoms with E-state index in [-0.39, 0.29) is 12.6 Å². The molecule has 1 atom stereocenters. The molecule has 1 aliphatic rings. The lowest BCUT2D eigenvalue weighted by Crippen LogP contribution is -2.45. The lowest BCUT2D eigenvalue weighted by atomic mass is 9.95. The number of hydrogen-bond donors (Lipinski definition) is 2. The standard InChI is InChI=1S/C22H24N2O5/c1-15-19(21(25)28-13-12-27-2)20(24-22(26)23-15)17-8-10-18(11-9-17)29-14-16-6-4-3-5-7-16/h3-11,20H,12-14H2,1-2H3,(H2,23,24,26)/t20-/m0/s1. The third-order valence-electron chi connectivity index (χ3n) is 4.47. The van der Waals surface area contributed by atoms with Crippen molar-refractivity contribution in [3.8, 4) is 5.75 Å². The summed E-state index contributed by atoms with van der Waals surface area (Å²) in [6.07, 6.45) is 0. The largest absolute Gasteiger partial charge is 0.489 e. The van der Waals surface area contributed by atoms with Crippen molar-refractivity contribution >= 4 is 12.0 Å². The maximum absolute atomic E-state index is 12.5. The SMILES string of the molecule is COCCOC(=O)C1=C(C)NC(=O)N[C@H]1c1ccc(OCc2ccccc2)cc1. The van der Waals surface area contributed by atoms with Gasteiger partial charge in [-0.15, -0.1) is 0 Å². The fourth-order valence-corrected chi connectivity index (χ4v) is 3.01.